The van der Waals surface area contributed by atoms with Gasteiger partial charge in [-0.15, -0.1) is 29.8 Å². The van der Waals surface area contributed by atoms with Gasteiger partial charge >= 0.3 is 0 Å². The van der Waals surface area contributed by atoms with Crippen molar-refractivity contribution in [2.45, 2.75) is 26.2 Å². The first-order valence-corrected chi connectivity index (χ1v) is 18.6. The Labute approximate surface area is 339 Å². The van der Waals surface area contributed by atoms with Gasteiger partial charge in [0.1, 0.15) is 22.7 Å². The number of phenols is 1. The first-order chi connectivity index (χ1) is 26.8. The van der Waals surface area contributed by atoms with Crippen LogP contribution in [0.5, 0.6) is 5.75 Å². The van der Waals surface area contributed by atoms with E-state index >= 15 is 0 Å². The Morgan fingerprint density at radius 3 is 2.20 bits per heavy atom. The molecular weight excluding hydrogens is 870 g/mol. The van der Waals surface area contributed by atoms with Crippen molar-refractivity contribution in [1.29, 1.82) is 0 Å². The second kappa shape index (κ2) is 13.8. The van der Waals surface area contributed by atoms with E-state index in [0.29, 0.717) is 11.4 Å². The molecule has 56 heavy (non-hydrogen) atoms. The number of para-hydroxylation sites is 2. The third kappa shape index (κ3) is 5.82. The number of nitrogens with zero attached hydrogens (tertiary/aromatic N) is 3. The average molecular weight is 906 g/mol. The number of aromatic nitrogens is 3. The summed E-state index contributed by atoms with van der Waals surface area (Å²) in [4.78, 5) is 10.2. The zero-order chi connectivity index (χ0) is 37.3. The predicted molar refractivity (Wildman–Crippen MR) is 225 cm³/mol. The number of benzene rings is 7. The number of fused-ring (bicyclic) bond motifs is 6. The summed E-state index contributed by atoms with van der Waals surface area (Å²) < 4.78 is 8.84. The molecule has 7 aromatic carbocycles. The summed E-state index contributed by atoms with van der Waals surface area (Å²) in [7, 11) is 0. The topological polar surface area (TPSA) is 64.1 Å². The van der Waals surface area contributed by atoms with E-state index in [9.17, 15) is 5.11 Å². The second-order valence-corrected chi connectivity index (χ2v) is 15.1. The van der Waals surface area contributed by atoms with E-state index in [1.165, 1.54) is 5.56 Å². The van der Waals surface area contributed by atoms with E-state index in [2.05, 4.69) is 122 Å². The van der Waals surface area contributed by atoms with Gasteiger partial charge in [0.15, 0.2) is 0 Å². The van der Waals surface area contributed by atoms with Gasteiger partial charge < -0.3 is 9.52 Å². The fourth-order valence-electron chi connectivity index (χ4n) is 7.84. The Morgan fingerprint density at radius 1 is 0.625 bits per heavy atom. The zero-order valence-electron chi connectivity index (χ0n) is 31.0. The maximum atomic E-state index is 11.3. The third-order valence-electron chi connectivity index (χ3n) is 10.6. The summed E-state index contributed by atoms with van der Waals surface area (Å²) in [6, 6.07) is 55.3. The molecule has 3 aromatic heterocycles. The van der Waals surface area contributed by atoms with E-state index in [4.69, 9.17) is 14.4 Å². The molecule has 0 saturated carbocycles. The van der Waals surface area contributed by atoms with Gasteiger partial charge in [0.25, 0.3) is 0 Å². The molecule has 0 radical (unpaired) electrons. The molecule has 0 bridgehead atoms. The van der Waals surface area contributed by atoms with Crippen LogP contribution < -0.4 is 0 Å². The van der Waals surface area contributed by atoms with Crippen LogP contribution in [-0.2, 0) is 26.5 Å². The van der Waals surface area contributed by atoms with Crippen LogP contribution in [-0.4, -0.2) is 19.6 Å². The molecular formula is C50H36N3O2Pt-. The van der Waals surface area contributed by atoms with Crippen LogP contribution >= 0.6 is 0 Å². The van der Waals surface area contributed by atoms with E-state index in [0.717, 1.165) is 82.9 Å². The van der Waals surface area contributed by atoms with Crippen molar-refractivity contribution in [2.24, 2.45) is 0 Å². The zero-order valence-corrected chi connectivity index (χ0v) is 33.3. The minimum atomic E-state index is -0.0526. The van der Waals surface area contributed by atoms with Crippen molar-refractivity contribution >= 4 is 43.7 Å². The van der Waals surface area contributed by atoms with Gasteiger partial charge in [-0.05, 0) is 64.4 Å². The molecule has 10 rings (SSSR count). The van der Waals surface area contributed by atoms with Gasteiger partial charge in [-0.25, -0.2) is 4.98 Å². The van der Waals surface area contributed by atoms with Crippen LogP contribution in [0.1, 0.15) is 26.3 Å². The Hall–Kier alpha value is -6.29. The number of rotatable bonds is 5. The molecule has 0 spiro atoms. The van der Waals surface area contributed by atoms with Gasteiger partial charge in [-0.2, -0.15) is 0 Å². The second-order valence-electron chi connectivity index (χ2n) is 15.1. The van der Waals surface area contributed by atoms with Crippen molar-refractivity contribution in [3.8, 4) is 56.3 Å². The summed E-state index contributed by atoms with van der Waals surface area (Å²) in [5, 5.41) is 15.6. The van der Waals surface area contributed by atoms with Crippen LogP contribution in [0.2, 0.25) is 0 Å². The summed E-state index contributed by atoms with van der Waals surface area (Å²) in [5.74, 6) is 0.817. The van der Waals surface area contributed by atoms with Crippen molar-refractivity contribution in [3.63, 3.8) is 0 Å². The molecule has 0 amide bonds. The minimum absolute atomic E-state index is 0. The summed E-state index contributed by atoms with van der Waals surface area (Å²) >= 11 is 0. The van der Waals surface area contributed by atoms with Gasteiger partial charge in [0.05, 0.1) is 22.3 Å². The first kappa shape index (κ1) is 35.4. The summed E-state index contributed by atoms with van der Waals surface area (Å²) in [5.41, 5.74) is 11.7. The van der Waals surface area contributed by atoms with Crippen LogP contribution in [0.4, 0.5) is 0 Å². The maximum Gasteiger partial charge on any atom is 0.148 e. The summed E-state index contributed by atoms with van der Waals surface area (Å²) in [6.07, 6.45) is 1.85. The van der Waals surface area contributed by atoms with Crippen molar-refractivity contribution in [1.82, 2.24) is 14.5 Å². The van der Waals surface area contributed by atoms with Gasteiger partial charge in [-0.1, -0.05) is 123 Å². The molecule has 5 nitrogen and oxygen atoms in total. The number of phenolic OH excluding ortho intramolecular Hbond substituents is 1. The molecule has 0 atom stereocenters. The van der Waals surface area contributed by atoms with Crippen LogP contribution in [0.25, 0.3) is 94.3 Å². The number of imidazole rings is 1. The molecule has 274 valence electrons. The van der Waals surface area contributed by atoms with Gasteiger partial charge in [-0.3, -0.25) is 9.55 Å². The predicted octanol–water partition coefficient (Wildman–Crippen LogP) is 12.9. The molecule has 0 aliphatic heterocycles. The number of aromatic hydroxyl groups is 1. The molecule has 0 aliphatic rings. The first-order valence-electron chi connectivity index (χ1n) is 18.6. The smallest absolute Gasteiger partial charge is 0.148 e. The molecule has 0 saturated heterocycles. The molecule has 1 N–H and O–H groups in total. The van der Waals surface area contributed by atoms with Crippen LogP contribution in [0, 0.1) is 6.07 Å². The Balaban J connectivity index is 0.00000410. The number of pyridine rings is 1. The van der Waals surface area contributed by atoms with E-state index in [-0.39, 0.29) is 32.2 Å². The number of hydrogen-bond acceptors (Lipinski definition) is 4. The van der Waals surface area contributed by atoms with Crippen LogP contribution in [0.3, 0.4) is 0 Å². The fraction of sp³-hybridized carbons (Fsp3) is 0.0800. The minimum Gasteiger partial charge on any atom is -0.507 e. The molecule has 3 heterocycles. The largest absolute Gasteiger partial charge is 0.507 e. The number of hydrogen-bond donors (Lipinski definition) is 1. The van der Waals surface area contributed by atoms with Crippen molar-refractivity contribution in [3.05, 3.63) is 169 Å². The Bertz CT molecular complexity index is 3100. The Morgan fingerprint density at radius 2 is 1.36 bits per heavy atom. The standard InChI is InChI=1S/C50H36N3O2.Pt/c1-50(2,3)35-24-26-42(41(30-35)31-13-5-4-6-14-31)53-43-21-12-20-36(46(43)52-49(53)40-19-9-10-22-44(40)54)33-16-11-17-34(29-33)45-48-39(27-28-51-45)38-25-23-32-15-7-8-18-37(32)47(38)55-48;/h4-28,30,54H,1-3H3;/q-1;. The average Bonchev–Trinajstić information content (AvgIpc) is 3.80. The quantitative estimate of drug-likeness (QED) is 0.175. The van der Waals surface area contributed by atoms with Crippen LogP contribution in [0.15, 0.2) is 162 Å². The monoisotopic (exact) mass is 905 g/mol. The summed E-state index contributed by atoms with van der Waals surface area (Å²) in [6.45, 7) is 6.71. The SMILES string of the molecule is CC(C)(C)c1ccc(-n2c(-c3ccccc3O)nc3c(-c4[c-]c(-c5nccc6c5oc5c7ccccc7ccc65)ccc4)cccc32)c(-c2ccccc2)c1.[Pt]. The normalized spacial score (nSPS) is 11.8. The fourth-order valence-corrected chi connectivity index (χ4v) is 7.84. The van der Waals surface area contributed by atoms with Gasteiger partial charge in [0, 0.05) is 54.7 Å². The van der Waals surface area contributed by atoms with Crippen molar-refractivity contribution in [2.75, 3.05) is 0 Å². The third-order valence-corrected chi connectivity index (χ3v) is 10.6. The van der Waals surface area contributed by atoms with E-state index in [1.807, 2.05) is 60.8 Å². The molecule has 0 aliphatic carbocycles. The number of furan rings is 1. The van der Waals surface area contributed by atoms with E-state index < -0.39 is 0 Å². The molecule has 0 fully saturated rings. The molecule has 10 aromatic rings. The molecule has 6 heteroatoms. The molecule has 0 unspecified atom stereocenters. The van der Waals surface area contributed by atoms with Crippen molar-refractivity contribution < 1.29 is 30.6 Å². The maximum absolute atomic E-state index is 11.3. The Kier molecular flexibility index (Phi) is 8.71. The van der Waals surface area contributed by atoms with E-state index in [1.54, 1.807) is 6.07 Å². The van der Waals surface area contributed by atoms with Gasteiger partial charge in [0.2, 0.25) is 0 Å².